The van der Waals surface area contributed by atoms with Crippen LogP contribution in [0.1, 0.15) is 17.9 Å². The van der Waals surface area contributed by atoms with Gasteiger partial charge in [0, 0.05) is 58.0 Å². The summed E-state index contributed by atoms with van der Waals surface area (Å²) in [4.78, 5) is 9.27. The fraction of sp³-hybridized carbons (Fsp3) is 0.500. The highest BCUT2D eigenvalue weighted by molar-refractivity contribution is 5.59. The lowest BCUT2D eigenvalue weighted by Crippen LogP contribution is -2.46. The zero-order valence-electron chi connectivity index (χ0n) is 14.0. The first kappa shape index (κ1) is 15.4. The van der Waals surface area contributed by atoms with Crippen LogP contribution < -0.4 is 9.64 Å². The molecule has 2 aliphatic rings. The summed E-state index contributed by atoms with van der Waals surface area (Å²) >= 11 is 0. The Morgan fingerprint density at radius 2 is 2.00 bits per heavy atom. The van der Waals surface area contributed by atoms with Crippen LogP contribution in [-0.4, -0.2) is 47.7 Å². The average Bonchev–Trinajstić information content (AvgIpc) is 3.21. The van der Waals surface area contributed by atoms with Gasteiger partial charge in [0.1, 0.15) is 17.4 Å². The Morgan fingerprint density at radius 3 is 2.79 bits per heavy atom. The van der Waals surface area contributed by atoms with E-state index in [0.717, 1.165) is 51.4 Å². The molecule has 0 amide bonds. The SMILES string of the molecule is COc1cc(F)ccc1N1CCN(Cc2cnc3n2CCC3)CC1. The van der Waals surface area contributed by atoms with E-state index in [2.05, 4.69) is 19.4 Å². The Labute approximate surface area is 141 Å². The van der Waals surface area contributed by atoms with Crippen LogP contribution in [0.15, 0.2) is 24.4 Å². The van der Waals surface area contributed by atoms with Crippen molar-refractivity contribution >= 4 is 5.69 Å². The predicted octanol–water partition coefficient (Wildman–Crippen LogP) is 2.30. The van der Waals surface area contributed by atoms with Crippen LogP contribution in [0.25, 0.3) is 0 Å². The van der Waals surface area contributed by atoms with Gasteiger partial charge in [0.15, 0.2) is 0 Å². The third-order valence-electron chi connectivity index (χ3n) is 5.04. The van der Waals surface area contributed by atoms with Gasteiger partial charge in [-0.25, -0.2) is 9.37 Å². The van der Waals surface area contributed by atoms with Crippen LogP contribution >= 0.6 is 0 Å². The maximum atomic E-state index is 13.4. The van der Waals surface area contributed by atoms with Crippen molar-refractivity contribution in [2.75, 3.05) is 38.2 Å². The number of aromatic nitrogens is 2. The highest BCUT2D eigenvalue weighted by atomic mass is 19.1. The van der Waals surface area contributed by atoms with Crippen molar-refractivity contribution in [3.63, 3.8) is 0 Å². The molecule has 2 aliphatic heterocycles. The molecule has 0 aliphatic carbocycles. The number of imidazole rings is 1. The van der Waals surface area contributed by atoms with E-state index in [1.54, 1.807) is 7.11 Å². The number of hydrogen-bond acceptors (Lipinski definition) is 4. The van der Waals surface area contributed by atoms with Gasteiger partial charge in [0.25, 0.3) is 0 Å². The zero-order valence-corrected chi connectivity index (χ0v) is 14.0. The van der Waals surface area contributed by atoms with E-state index >= 15 is 0 Å². The summed E-state index contributed by atoms with van der Waals surface area (Å²) in [5.74, 6) is 1.58. The first-order valence-corrected chi connectivity index (χ1v) is 8.59. The number of methoxy groups -OCH3 is 1. The summed E-state index contributed by atoms with van der Waals surface area (Å²) in [6.45, 7) is 5.88. The first-order chi connectivity index (χ1) is 11.7. The van der Waals surface area contributed by atoms with Crippen LogP contribution in [0, 0.1) is 5.82 Å². The first-order valence-electron chi connectivity index (χ1n) is 8.59. The molecule has 0 bridgehead atoms. The van der Waals surface area contributed by atoms with Crippen molar-refractivity contribution < 1.29 is 9.13 Å². The Hall–Kier alpha value is -2.08. The number of piperazine rings is 1. The molecular formula is C18H23FN4O. The molecular weight excluding hydrogens is 307 g/mol. The molecule has 0 atom stereocenters. The van der Waals surface area contributed by atoms with E-state index in [-0.39, 0.29) is 5.82 Å². The number of benzene rings is 1. The second-order valence-electron chi connectivity index (χ2n) is 6.50. The topological polar surface area (TPSA) is 33.5 Å². The van der Waals surface area contributed by atoms with Gasteiger partial charge >= 0.3 is 0 Å². The smallest absolute Gasteiger partial charge is 0.145 e. The minimum absolute atomic E-state index is 0.260. The molecule has 1 aromatic heterocycles. The summed E-state index contributed by atoms with van der Waals surface area (Å²) in [6, 6.07) is 4.77. The standard InChI is InChI=1S/C18H23FN4O/c1-24-17-11-14(19)4-5-16(17)22-9-7-21(8-10-22)13-15-12-20-18-3-2-6-23(15)18/h4-5,11-12H,2-3,6-10,13H2,1H3. The molecule has 0 unspecified atom stereocenters. The van der Waals surface area contributed by atoms with Gasteiger partial charge in [0.05, 0.1) is 18.5 Å². The van der Waals surface area contributed by atoms with Gasteiger partial charge in [-0.05, 0) is 18.6 Å². The number of fused-ring (bicyclic) bond motifs is 1. The highest BCUT2D eigenvalue weighted by Gasteiger charge is 2.22. The Morgan fingerprint density at radius 1 is 1.17 bits per heavy atom. The van der Waals surface area contributed by atoms with Crippen LogP contribution in [0.5, 0.6) is 5.75 Å². The largest absolute Gasteiger partial charge is 0.494 e. The molecule has 2 aromatic rings. The molecule has 3 heterocycles. The Bertz CT molecular complexity index is 722. The molecule has 1 aromatic carbocycles. The van der Waals surface area contributed by atoms with Crippen molar-refractivity contribution in [3.8, 4) is 5.75 Å². The predicted molar refractivity (Wildman–Crippen MR) is 91.0 cm³/mol. The fourth-order valence-electron chi connectivity index (χ4n) is 3.74. The number of rotatable bonds is 4. The number of anilines is 1. The molecule has 1 saturated heterocycles. The summed E-state index contributed by atoms with van der Waals surface area (Å²) in [6.07, 6.45) is 4.36. The Kier molecular flexibility index (Phi) is 4.14. The monoisotopic (exact) mass is 330 g/mol. The second-order valence-corrected chi connectivity index (χ2v) is 6.50. The van der Waals surface area contributed by atoms with Crippen molar-refractivity contribution in [2.45, 2.75) is 25.9 Å². The molecule has 0 spiro atoms. The number of ether oxygens (including phenoxy) is 1. The molecule has 5 nitrogen and oxygen atoms in total. The number of nitrogens with zero attached hydrogens (tertiary/aromatic N) is 4. The lowest BCUT2D eigenvalue weighted by atomic mass is 10.2. The highest BCUT2D eigenvalue weighted by Crippen LogP contribution is 2.30. The van der Waals surface area contributed by atoms with E-state index < -0.39 is 0 Å². The maximum Gasteiger partial charge on any atom is 0.145 e. The molecule has 0 saturated carbocycles. The minimum atomic E-state index is -0.260. The number of aryl methyl sites for hydroxylation is 1. The number of halogens is 1. The van der Waals surface area contributed by atoms with Crippen molar-refractivity contribution in [1.29, 1.82) is 0 Å². The summed E-state index contributed by atoms with van der Waals surface area (Å²) in [5, 5.41) is 0. The Balaban J connectivity index is 1.40. The van der Waals surface area contributed by atoms with Crippen molar-refractivity contribution in [1.82, 2.24) is 14.5 Å². The van der Waals surface area contributed by atoms with E-state index in [1.165, 1.54) is 30.1 Å². The quantitative estimate of drug-likeness (QED) is 0.861. The second kappa shape index (κ2) is 6.43. The lowest BCUT2D eigenvalue weighted by molar-refractivity contribution is 0.243. The number of hydrogen-bond donors (Lipinski definition) is 0. The van der Waals surface area contributed by atoms with E-state index in [1.807, 2.05) is 12.3 Å². The van der Waals surface area contributed by atoms with Gasteiger partial charge in [0.2, 0.25) is 0 Å². The summed E-state index contributed by atoms with van der Waals surface area (Å²) in [7, 11) is 1.59. The van der Waals surface area contributed by atoms with Gasteiger partial charge in [-0.3, -0.25) is 4.90 Å². The van der Waals surface area contributed by atoms with Crippen molar-refractivity contribution in [3.05, 3.63) is 41.7 Å². The third-order valence-corrected chi connectivity index (χ3v) is 5.04. The fourth-order valence-corrected chi connectivity index (χ4v) is 3.74. The van der Waals surface area contributed by atoms with Gasteiger partial charge in [-0.1, -0.05) is 0 Å². The molecule has 4 rings (SSSR count). The molecule has 0 N–H and O–H groups in total. The van der Waals surface area contributed by atoms with Crippen LogP contribution in [0.2, 0.25) is 0 Å². The van der Waals surface area contributed by atoms with Crippen LogP contribution in [0.4, 0.5) is 10.1 Å². The summed E-state index contributed by atoms with van der Waals surface area (Å²) in [5.41, 5.74) is 2.30. The molecule has 6 heteroatoms. The molecule has 0 radical (unpaired) electrons. The molecule has 1 fully saturated rings. The summed E-state index contributed by atoms with van der Waals surface area (Å²) < 4.78 is 21.1. The van der Waals surface area contributed by atoms with Gasteiger partial charge in [-0.15, -0.1) is 0 Å². The zero-order chi connectivity index (χ0) is 16.5. The molecule has 24 heavy (non-hydrogen) atoms. The normalized spacial score (nSPS) is 18.0. The van der Waals surface area contributed by atoms with E-state index in [4.69, 9.17) is 4.74 Å². The van der Waals surface area contributed by atoms with E-state index in [0.29, 0.717) is 5.75 Å². The van der Waals surface area contributed by atoms with E-state index in [9.17, 15) is 4.39 Å². The van der Waals surface area contributed by atoms with Crippen LogP contribution in [0.3, 0.4) is 0 Å². The van der Waals surface area contributed by atoms with Crippen molar-refractivity contribution in [2.24, 2.45) is 0 Å². The minimum Gasteiger partial charge on any atom is -0.494 e. The molecule has 128 valence electrons. The van der Waals surface area contributed by atoms with Crippen LogP contribution in [-0.2, 0) is 19.5 Å². The van der Waals surface area contributed by atoms with Gasteiger partial charge < -0.3 is 14.2 Å². The third kappa shape index (κ3) is 2.86. The lowest BCUT2D eigenvalue weighted by Gasteiger charge is -2.36. The van der Waals surface area contributed by atoms with Gasteiger partial charge in [-0.2, -0.15) is 0 Å². The maximum absolute atomic E-state index is 13.4. The average molecular weight is 330 g/mol.